The molecular formula is C12H22O4S2. The fourth-order valence-electron chi connectivity index (χ4n) is 1.63. The summed E-state index contributed by atoms with van der Waals surface area (Å²) in [7, 11) is -1.53. The largest absolute Gasteiger partial charge is 0.469 e. The normalized spacial score (nSPS) is 17.8. The molecule has 1 fully saturated rings. The fourth-order valence-corrected chi connectivity index (χ4v) is 4.47. The minimum Gasteiger partial charge on any atom is -0.469 e. The van der Waals surface area contributed by atoms with Crippen molar-refractivity contribution in [1.82, 2.24) is 0 Å². The molecule has 1 saturated carbocycles. The van der Waals surface area contributed by atoms with Gasteiger partial charge in [0, 0.05) is 5.75 Å². The summed E-state index contributed by atoms with van der Waals surface area (Å²) in [6, 6.07) is 0. The van der Waals surface area contributed by atoms with Crippen LogP contribution in [0.4, 0.5) is 0 Å². The standard InChI is InChI=1S/C12H22O4S2/c1-10(2)18(14,15)7-6-17-9-12(4-5-12)8-11(13)16-3/h10H,4-9H2,1-3H3. The van der Waals surface area contributed by atoms with Gasteiger partial charge in [-0.05, 0) is 37.9 Å². The van der Waals surface area contributed by atoms with E-state index >= 15 is 0 Å². The van der Waals surface area contributed by atoms with Gasteiger partial charge in [0.1, 0.15) is 0 Å². The Labute approximate surface area is 114 Å². The van der Waals surface area contributed by atoms with Crippen molar-refractivity contribution in [3.63, 3.8) is 0 Å². The van der Waals surface area contributed by atoms with Crippen LogP contribution >= 0.6 is 11.8 Å². The van der Waals surface area contributed by atoms with Crippen LogP contribution in [0.2, 0.25) is 0 Å². The number of sulfone groups is 1. The molecular weight excluding hydrogens is 272 g/mol. The molecule has 6 heteroatoms. The summed E-state index contributed by atoms with van der Waals surface area (Å²) >= 11 is 1.63. The maximum atomic E-state index is 11.6. The Kier molecular flexibility index (Phi) is 5.52. The molecule has 0 radical (unpaired) electrons. The Bertz CT molecular complexity index is 383. The number of hydrogen-bond donors (Lipinski definition) is 0. The lowest BCUT2D eigenvalue weighted by atomic mass is 10.1. The Balaban J connectivity index is 2.25. The summed E-state index contributed by atoms with van der Waals surface area (Å²) in [6.45, 7) is 3.42. The molecule has 0 heterocycles. The van der Waals surface area contributed by atoms with Gasteiger partial charge in [-0.25, -0.2) is 8.42 Å². The third-order valence-corrected chi connectivity index (χ3v) is 7.12. The molecule has 0 spiro atoms. The maximum Gasteiger partial charge on any atom is 0.306 e. The van der Waals surface area contributed by atoms with Crippen LogP contribution < -0.4 is 0 Å². The van der Waals surface area contributed by atoms with Crippen LogP contribution in [0.3, 0.4) is 0 Å². The zero-order chi connectivity index (χ0) is 13.8. The molecule has 0 saturated heterocycles. The number of esters is 1. The van der Waals surface area contributed by atoms with Gasteiger partial charge in [-0.1, -0.05) is 0 Å². The first-order valence-corrected chi connectivity index (χ1v) is 9.04. The Morgan fingerprint density at radius 2 is 2.00 bits per heavy atom. The number of thioether (sulfide) groups is 1. The van der Waals surface area contributed by atoms with E-state index in [1.165, 1.54) is 7.11 Å². The summed E-state index contributed by atoms with van der Waals surface area (Å²) in [4.78, 5) is 11.2. The number of hydrogen-bond acceptors (Lipinski definition) is 5. The van der Waals surface area contributed by atoms with Gasteiger partial charge in [-0.2, -0.15) is 11.8 Å². The summed E-state index contributed by atoms with van der Waals surface area (Å²) in [5, 5.41) is -0.303. The van der Waals surface area contributed by atoms with Crippen molar-refractivity contribution < 1.29 is 17.9 Å². The van der Waals surface area contributed by atoms with Crippen molar-refractivity contribution in [2.45, 2.75) is 38.4 Å². The van der Waals surface area contributed by atoms with E-state index in [1.54, 1.807) is 25.6 Å². The third-order valence-electron chi connectivity index (χ3n) is 3.34. The zero-order valence-corrected chi connectivity index (χ0v) is 12.9. The summed E-state index contributed by atoms with van der Waals surface area (Å²) in [5.74, 6) is 1.53. The number of rotatable bonds is 8. The maximum absolute atomic E-state index is 11.6. The lowest BCUT2D eigenvalue weighted by Gasteiger charge is -2.13. The molecule has 0 aromatic carbocycles. The molecule has 0 aromatic rings. The van der Waals surface area contributed by atoms with E-state index in [9.17, 15) is 13.2 Å². The Morgan fingerprint density at radius 1 is 1.39 bits per heavy atom. The van der Waals surface area contributed by atoms with E-state index < -0.39 is 9.84 Å². The second-order valence-electron chi connectivity index (χ2n) is 5.22. The van der Waals surface area contributed by atoms with Crippen molar-refractivity contribution in [3.8, 4) is 0 Å². The second kappa shape index (κ2) is 6.28. The van der Waals surface area contributed by atoms with Crippen LogP contribution in [0.1, 0.15) is 33.1 Å². The van der Waals surface area contributed by atoms with Crippen LogP contribution in [0.25, 0.3) is 0 Å². The summed E-state index contributed by atoms with van der Waals surface area (Å²) in [5.41, 5.74) is 0.0827. The SMILES string of the molecule is COC(=O)CC1(CSCCS(=O)(=O)C(C)C)CC1. The second-order valence-corrected chi connectivity index (χ2v) is 9.00. The first-order chi connectivity index (χ1) is 8.31. The minimum atomic E-state index is -2.94. The molecule has 0 bridgehead atoms. The highest BCUT2D eigenvalue weighted by atomic mass is 32.2. The molecule has 0 aromatic heterocycles. The number of carbonyl (C=O) groups excluding carboxylic acids is 1. The summed E-state index contributed by atoms with van der Waals surface area (Å²) in [6.07, 6.45) is 2.56. The average Bonchev–Trinajstić information content (AvgIpc) is 3.04. The van der Waals surface area contributed by atoms with Gasteiger partial charge in [-0.15, -0.1) is 0 Å². The molecule has 18 heavy (non-hydrogen) atoms. The lowest BCUT2D eigenvalue weighted by molar-refractivity contribution is -0.141. The van der Waals surface area contributed by atoms with Crippen molar-refractivity contribution in [2.75, 3.05) is 24.4 Å². The van der Waals surface area contributed by atoms with E-state index in [2.05, 4.69) is 4.74 Å². The van der Waals surface area contributed by atoms with Crippen LogP contribution in [0.15, 0.2) is 0 Å². The molecule has 1 rings (SSSR count). The highest BCUT2D eigenvalue weighted by molar-refractivity contribution is 8.00. The number of carbonyl (C=O) groups is 1. The fraction of sp³-hybridized carbons (Fsp3) is 0.917. The van der Waals surface area contributed by atoms with E-state index in [-0.39, 0.29) is 22.4 Å². The molecule has 0 amide bonds. The van der Waals surface area contributed by atoms with E-state index in [1.807, 2.05) is 0 Å². The molecule has 0 N–H and O–H groups in total. The van der Waals surface area contributed by atoms with E-state index in [0.717, 1.165) is 18.6 Å². The van der Waals surface area contributed by atoms with Gasteiger partial charge in [0.15, 0.2) is 9.84 Å². The highest BCUT2D eigenvalue weighted by Crippen LogP contribution is 2.51. The van der Waals surface area contributed by atoms with Gasteiger partial charge in [0.05, 0.1) is 24.5 Å². The minimum absolute atomic E-state index is 0.0827. The number of methoxy groups -OCH3 is 1. The van der Waals surface area contributed by atoms with Gasteiger partial charge in [0.25, 0.3) is 0 Å². The van der Waals surface area contributed by atoms with E-state index in [0.29, 0.717) is 12.2 Å². The Morgan fingerprint density at radius 3 is 2.44 bits per heavy atom. The molecule has 1 aliphatic carbocycles. The van der Waals surface area contributed by atoms with Gasteiger partial charge in [0.2, 0.25) is 0 Å². The van der Waals surface area contributed by atoms with Crippen LogP contribution in [0, 0.1) is 5.41 Å². The lowest BCUT2D eigenvalue weighted by Crippen LogP contribution is -2.20. The summed E-state index contributed by atoms with van der Waals surface area (Å²) < 4.78 is 27.9. The van der Waals surface area contributed by atoms with Crippen molar-refractivity contribution in [2.24, 2.45) is 5.41 Å². The van der Waals surface area contributed by atoms with Gasteiger partial charge < -0.3 is 4.74 Å². The molecule has 0 aliphatic heterocycles. The van der Waals surface area contributed by atoms with E-state index in [4.69, 9.17) is 0 Å². The van der Waals surface area contributed by atoms with Crippen molar-refractivity contribution in [1.29, 1.82) is 0 Å². The van der Waals surface area contributed by atoms with Gasteiger partial charge >= 0.3 is 5.97 Å². The smallest absolute Gasteiger partial charge is 0.306 e. The predicted molar refractivity (Wildman–Crippen MR) is 74.5 cm³/mol. The molecule has 1 aliphatic rings. The van der Waals surface area contributed by atoms with Crippen LogP contribution in [0.5, 0.6) is 0 Å². The molecule has 106 valence electrons. The van der Waals surface area contributed by atoms with Crippen LogP contribution in [-0.4, -0.2) is 44.0 Å². The van der Waals surface area contributed by atoms with Crippen molar-refractivity contribution >= 4 is 27.6 Å². The quantitative estimate of drug-likeness (QED) is 0.505. The number of ether oxygens (including phenoxy) is 1. The molecule has 4 nitrogen and oxygen atoms in total. The predicted octanol–water partition coefficient (Wildman–Crippen LogP) is 1.89. The Hall–Kier alpha value is -0.230. The first-order valence-electron chi connectivity index (χ1n) is 6.17. The highest BCUT2D eigenvalue weighted by Gasteiger charge is 2.44. The van der Waals surface area contributed by atoms with Crippen LogP contribution in [-0.2, 0) is 19.4 Å². The first kappa shape index (κ1) is 15.8. The molecule has 0 unspecified atom stereocenters. The monoisotopic (exact) mass is 294 g/mol. The average molecular weight is 294 g/mol. The third kappa shape index (κ3) is 4.80. The zero-order valence-electron chi connectivity index (χ0n) is 11.3. The molecule has 0 atom stereocenters. The topological polar surface area (TPSA) is 60.4 Å². The van der Waals surface area contributed by atoms with Gasteiger partial charge in [-0.3, -0.25) is 4.79 Å². The van der Waals surface area contributed by atoms with Crippen molar-refractivity contribution in [3.05, 3.63) is 0 Å².